The van der Waals surface area contributed by atoms with E-state index in [0.29, 0.717) is 5.56 Å². The molecule has 8 heteroatoms. The van der Waals surface area contributed by atoms with Gasteiger partial charge in [-0.3, -0.25) is 14.8 Å². The van der Waals surface area contributed by atoms with Crippen molar-refractivity contribution >= 4 is 5.78 Å². The number of hydrogen-bond acceptors (Lipinski definition) is 4. The number of ketones is 1. The van der Waals surface area contributed by atoms with Gasteiger partial charge in [-0.2, -0.15) is 13.2 Å². The number of aromatic nitrogens is 2. The predicted molar refractivity (Wildman–Crippen MR) is 102 cm³/mol. The number of rotatable bonds is 7. The third-order valence-electron chi connectivity index (χ3n) is 4.61. The lowest BCUT2D eigenvalue weighted by Gasteiger charge is -2.21. The fraction of sp³-hybridized carbons (Fsp3) is 0.227. The molecule has 156 valence electrons. The van der Waals surface area contributed by atoms with E-state index >= 15 is 0 Å². The highest BCUT2D eigenvalue weighted by atomic mass is 19.4. The monoisotopic (exact) mass is 418 g/mol. The molecule has 3 rings (SSSR count). The Labute approximate surface area is 170 Å². The minimum Gasteiger partial charge on any atom is -0.494 e. The first-order chi connectivity index (χ1) is 14.3. The molecule has 0 spiro atoms. The maximum Gasteiger partial charge on any atom is 0.418 e. The molecule has 0 radical (unpaired) electrons. The Kier molecular flexibility index (Phi) is 6.44. The summed E-state index contributed by atoms with van der Waals surface area (Å²) in [5.74, 6) is -2.17. The van der Waals surface area contributed by atoms with Gasteiger partial charge in [-0.15, -0.1) is 0 Å². The standard InChI is InChI=1S/C22H18F4N2O2/c1-30-20-7-6-15(11-19(20)23)17(12-16(29)10-14-4-2-8-27-13-14)21-18(22(24,25)26)5-3-9-28-21/h2-9,11,13,17H,10,12H2,1H3/t17-/m0/s1. The van der Waals surface area contributed by atoms with Gasteiger partial charge in [-0.25, -0.2) is 4.39 Å². The molecule has 3 aromatic rings. The Morgan fingerprint density at radius 1 is 1.13 bits per heavy atom. The summed E-state index contributed by atoms with van der Waals surface area (Å²) in [7, 11) is 1.29. The van der Waals surface area contributed by atoms with Crippen molar-refractivity contribution in [1.82, 2.24) is 9.97 Å². The second kappa shape index (κ2) is 9.02. The molecule has 0 aliphatic carbocycles. The summed E-state index contributed by atoms with van der Waals surface area (Å²) in [4.78, 5) is 20.5. The molecule has 0 aliphatic heterocycles. The number of ether oxygens (including phenoxy) is 1. The Bertz CT molecular complexity index is 1020. The van der Waals surface area contributed by atoms with E-state index in [9.17, 15) is 22.4 Å². The molecular formula is C22H18F4N2O2. The summed E-state index contributed by atoms with van der Waals surface area (Å²) in [5, 5.41) is 0. The van der Waals surface area contributed by atoms with Crippen molar-refractivity contribution in [2.75, 3.05) is 7.11 Å². The van der Waals surface area contributed by atoms with Crippen molar-refractivity contribution in [2.45, 2.75) is 24.9 Å². The van der Waals surface area contributed by atoms with Gasteiger partial charge in [0.05, 0.1) is 18.4 Å². The first-order valence-electron chi connectivity index (χ1n) is 9.05. The number of carbonyl (C=O) groups is 1. The van der Waals surface area contributed by atoms with Crippen LogP contribution in [0.2, 0.25) is 0 Å². The van der Waals surface area contributed by atoms with E-state index in [-0.39, 0.29) is 35.6 Å². The number of nitrogens with zero attached hydrogens (tertiary/aromatic N) is 2. The van der Waals surface area contributed by atoms with Crippen LogP contribution in [0.15, 0.2) is 61.1 Å². The molecule has 1 atom stereocenters. The number of halogens is 4. The van der Waals surface area contributed by atoms with Gasteiger partial charge >= 0.3 is 6.18 Å². The number of pyridine rings is 2. The largest absolute Gasteiger partial charge is 0.494 e. The third-order valence-corrected chi connectivity index (χ3v) is 4.61. The molecule has 0 amide bonds. The fourth-order valence-corrected chi connectivity index (χ4v) is 3.24. The van der Waals surface area contributed by atoms with Crippen LogP contribution in [0.3, 0.4) is 0 Å². The molecule has 0 aliphatic rings. The van der Waals surface area contributed by atoms with Crippen molar-refractivity contribution in [2.24, 2.45) is 0 Å². The van der Waals surface area contributed by atoms with Crippen molar-refractivity contribution < 1.29 is 27.1 Å². The zero-order valence-corrected chi connectivity index (χ0v) is 16.0. The summed E-state index contributed by atoms with van der Waals surface area (Å²) in [5.41, 5.74) is -0.439. The van der Waals surface area contributed by atoms with Gasteiger partial charge in [-0.05, 0) is 41.5 Å². The van der Waals surface area contributed by atoms with E-state index in [4.69, 9.17) is 4.74 Å². The molecular weight excluding hydrogens is 400 g/mol. The molecule has 0 saturated heterocycles. The van der Waals surface area contributed by atoms with Gasteiger partial charge < -0.3 is 4.74 Å². The third kappa shape index (κ3) is 5.00. The fourth-order valence-electron chi connectivity index (χ4n) is 3.24. The van der Waals surface area contributed by atoms with Crippen molar-refractivity contribution in [3.63, 3.8) is 0 Å². The van der Waals surface area contributed by atoms with Crippen LogP contribution in [0.1, 0.15) is 34.7 Å². The number of hydrogen-bond donors (Lipinski definition) is 0. The van der Waals surface area contributed by atoms with Gasteiger partial charge in [0.15, 0.2) is 11.6 Å². The van der Waals surface area contributed by atoms with Crippen LogP contribution >= 0.6 is 0 Å². The van der Waals surface area contributed by atoms with Gasteiger partial charge in [0, 0.05) is 37.4 Å². The summed E-state index contributed by atoms with van der Waals surface area (Å²) >= 11 is 0. The maximum absolute atomic E-state index is 14.3. The zero-order chi connectivity index (χ0) is 21.7. The summed E-state index contributed by atoms with van der Waals surface area (Å²) in [6.45, 7) is 0. The van der Waals surface area contributed by atoms with E-state index in [0.717, 1.165) is 12.1 Å². The van der Waals surface area contributed by atoms with Gasteiger partial charge in [0.1, 0.15) is 5.78 Å². The first-order valence-corrected chi connectivity index (χ1v) is 9.05. The normalized spacial score (nSPS) is 12.4. The maximum atomic E-state index is 14.3. The number of alkyl halides is 3. The van der Waals surface area contributed by atoms with Crippen LogP contribution in [-0.4, -0.2) is 22.9 Å². The predicted octanol–water partition coefficient (Wildman–Crippen LogP) is 4.98. The second-order valence-corrected chi connectivity index (χ2v) is 6.66. The molecule has 0 saturated carbocycles. The Morgan fingerprint density at radius 3 is 2.53 bits per heavy atom. The van der Waals surface area contributed by atoms with Gasteiger partial charge in [0.25, 0.3) is 0 Å². The molecule has 4 nitrogen and oxygen atoms in total. The average Bonchev–Trinajstić information content (AvgIpc) is 2.72. The Balaban J connectivity index is 2.02. The van der Waals surface area contributed by atoms with Crippen LogP contribution in [0.4, 0.5) is 17.6 Å². The van der Waals surface area contributed by atoms with Crippen LogP contribution in [0.5, 0.6) is 5.75 Å². The first kappa shape index (κ1) is 21.4. The summed E-state index contributed by atoms with van der Waals surface area (Å²) in [6, 6.07) is 9.29. The highest BCUT2D eigenvalue weighted by molar-refractivity contribution is 5.82. The minimum absolute atomic E-state index is 0.00282. The van der Waals surface area contributed by atoms with Gasteiger partial charge in [0.2, 0.25) is 0 Å². The van der Waals surface area contributed by atoms with E-state index < -0.39 is 23.5 Å². The lowest BCUT2D eigenvalue weighted by molar-refractivity contribution is -0.138. The zero-order valence-electron chi connectivity index (χ0n) is 16.0. The molecule has 2 aromatic heterocycles. The lowest BCUT2D eigenvalue weighted by atomic mass is 9.86. The summed E-state index contributed by atoms with van der Waals surface area (Å²) < 4.78 is 59.9. The topological polar surface area (TPSA) is 52.1 Å². The molecule has 0 N–H and O–H groups in total. The van der Waals surface area contributed by atoms with E-state index in [1.165, 1.54) is 37.7 Å². The van der Waals surface area contributed by atoms with Gasteiger partial charge in [-0.1, -0.05) is 12.1 Å². The minimum atomic E-state index is -4.67. The van der Waals surface area contributed by atoms with Crippen LogP contribution in [-0.2, 0) is 17.4 Å². The van der Waals surface area contributed by atoms with E-state index in [1.807, 2.05) is 0 Å². The average molecular weight is 418 g/mol. The number of benzene rings is 1. The van der Waals surface area contributed by atoms with E-state index in [2.05, 4.69) is 9.97 Å². The molecule has 0 unspecified atom stereocenters. The number of methoxy groups -OCH3 is 1. The van der Waals surface area contributed by atoms with Crippen LogP contribution in [0.25, 0.3) is 0 Å². The number of Topliss-reactive ketones (excluding diaryl/α,β-unsaturated/α-hetero) is 1. The number of carbonyl (C=O) groups excluding carboxylic acids is 1. The van der Waals surface area contributed by atoms with Crippen molar-refractivity contribution in [1.29, 1.82) is 0 Å². The van der Waals surface area contributed by atoms with Crippen molar-refractivity contribution in [3.8, 4) is 5.75 Å². The molecule has 30 heavy (non-hydrogen) atoms. The Hall–Kier alpha value is -3.29. The Morgan fingerprint density at radius 2 is 1.90 bits per heavy atom. The van der Waals surface area contributed by atoms with E-state index in [1.54, 1.807) is 18.3 Å². The highest BCUT2D eigenvalue weighted by Gasteiger charge is 2.37. The second-order valence-electron chi connectivity index (χ2n) is 6.66. The van der Waals surface area contributed by atoms with Crippen LogP contribution in [0, 0.1) is 5.82 Å². The molecule has 1 aromatic carbocycles. The van der Waals surface area contributed by atoms with Crippen molar-refractivity contribution in [3.05, 3.63) is 89.3 Å². The smallest absolute Gasteiger partial charge is 0.418 e. The highest BCUT2D eigenvalue weighted by Crippen LogP contribution is 2.38. The summed E-state index contributed by atoms with van der Waals surface area (Å²) in [6.07, 6.45) is -0.650. The molecule has 2 heterocycles. The quantitative estimate of drug-likeness (QED) is 0.508. The lowest BCUT2D eigenvalue weighted by Crippen LogP contribution is -2.18. The molecule has 0 fully saturated rings. The SMILES string of the molecule is COc1ccc([C@H](CC(=O)Cc2cccnc2)c2ncccc2C(F)(F)F)cc1F. The molecule has 0 bridgehead atoms. The van der Waals surface area contributed by atoms with Crippen LogP contribution < -0.4 is 4.74 Å².